The normalized spacial score (nSPS) is 16.7. The number of rotatable bonds is 6. The third-order valence-electron chi connectivity index (χ3n) is 6.07. The molecule has 0 heterocycles. The van der Waals surface area contributed by atoms with E-state index in [2.05, 4.69) is 46.4 Å². The lowest BCUT2D eigenvalue weighted by molar-refractivity contribution is -0.130. The summed E-state index contributed by atoms with van der Waals surface area (Å²) in [6, 6.07) is 11.8. The second-order valence-corrected chi connectivity index (χ2v) is 9.08. The monoisotopic (exact) mass is 394 g/mol. The summed E-state index contributed by atoms with van der Waals surface area (Å²) in [5, 5.41) is 9.31. The Kier molecular flexibility index (Phi) is 5.59. The second-order valence-electron chi connectivity index (χ2n) is 9.08. The average molecular weight is 395 g/mol. The van der Waals surface area contributed by atoms with Gasteiger partial charge in [-0.3, -0.25) is 0 Å². The molecule has 2 aromatic rings. The van der Waals surface area contributed by atoms with Gasteiger partial charge in [0.25, 0.3) is 0 Å². The molecule has 0 amide bonds. The van der Waals surface area contributed by atoms with Gasteiger partial charge >= 0.3 is 5.97 Å². The predicted molar refractivity (Wildman–Crippen MR) is 116 cm³/mol. The first-order valence-corrected chi connectivity index (χ1v) is 9.90. The molecule has 1 N–H and O–H groups in total. The van der Waals surface area contributed by atoms with Crippen molar-refractivity contribution in [2.45, 2.75) is 51.4 Å². The summed E-state index contributed by atoms with van der Waals surface area (Å²) in [4.78, 5) is 11.4. The highest BCUT2D eigenvalue weighted by Crippen LogP contribution is 2.49. The standard InChI is InChI=1S/C25H30O4/c1-16(23(26)27)17-8-7-9-18(12-17)19-13-20-21(14-22(19)29-15-28-6)25(4,5)11-10-24(20,2)3/h7-9,12-14H,1,10-11,15H2,2-6H3,(H,26,27). The van der Waals surface area contributed by atoms with Crippen LogP contribution in [-0.4, -0.2) is 25.0 Å². The van der Waals surface area contributed by atoms with Crippen LogP contribution in [0.15, 0.2) is 43.0 Å². The van der Waals surface area contributed by atoms with Crippen molar-refractivity contribution in [3.8, 4) is 16.9 Å². The maximum Gasteiger partial charge on any atom is 0.335 e. The van der Waals surface area contributed by atoms with Gasteiger partial charge in [0.05, 0.1) is 5.57 Å². The molecule has 0 aliphatic heterocycles. The van der Waals surface area contributed by atoms with E-state index in [1.165, 1.54) is 11.1 Å². The second kappa shape index (κ2) is 7.68. The van der Waals surface area contributed by atoms with Gasteiger partial charge in [0, 0.05) is 12.7 Å². The lowest BCUT2D eigenvalue weighted by Gasteiger charge is -2.42. The van der Waals surface area contributed by atoms with E-state index in [0.717, 1.165) is 29.7 Å². The van der Waals surface area contributed by atoms with Crippen LogP contribution in [0, 0.1) is 0 Å². The van der Waals surface area contributed by atoms with Crippen LogP contribution in [0.3, 0.4) is 0 Å². The van der Waals surface area contributed by atoms with E-state index in [4.69, 9.17) is 9.47 Å². The number of fused-ring (bicyclic) bond motifs is 1. The topological polar surface area (TPSA) is 55.8 Å². The number of methoxy groups -OCH3 is 1. The number of carboxylic acids is 1. The van der Waals surface area contributed by atoms with E-state index in [1.54, 1.807) is 13.2 Å². The Bertz CT molecular complexity index is 953. The minimum atomic E-state index is -1.02. The molecule has 0 unspecified atom stereocenters. The molecule has 0 spiro atoms. The number of hydrogen-bond acceptors (Lipinski definition) is 3. The number of ether oxygens (including phenoxy) is 2. The van der Waals surface area contributed by atoms with Crippen molar-refractivity contribution in [2.75, 3.05) is 13.9 Å². The summed E-state index contributed by atoms with van der Waals surface area (Å²) >= 11 is 0. The zero-order chi connectivity index (χ0) is 21.4. The number of carboxylic acid groups (broad SMARTS) is 1. The zero-order valence-electron chi connectivity index (χ0n) is 18.0. The molecule has 154 valence electrons. The molecule has 0 radical (unpaired) electrons. The molecule has 2 aromatic carbocycles. The predicted octanol–water partition coefficient (Wildman–Crippen LogP) is 5.78. The summed E-state index contributed by atoms with van der Waals surface area (Å²) in [7, 11) is 1.60. The van der Waals surface area contributed by atoms with Crippen molar-refractivity contribution in [3.63, 3.8) is 0 Å². The summed E-state index contributed by atoms with van der Waals surface area (Å²) < 4.78 is 11.1. The van der Waals surface area contributed by atoms with Gasteiger partial charge in [-0.25, -0.2) is 4.79 Å². The third kappa shape index (κ3) is 4.08. The van der Waals surface area contributed by atoms with E-state index < -0.39 is 5.97 Å². The number of aliphatic carboxylic acids is 1. The van der Waals surface area contributed by atoms with Gasteiger partial charge in [-0.1, -0.05) is 52.5 Å². The molecule has 29 heavy (non-hydrogen) atoms. The van der Waals surface area contributed by atoms with Crippen molar-refractivity contribution in [3.05, 3.63) is 59.7 Å². The molecule has 1 aliphatic carbocycles. The highest BCUT2D eigenvalue weighted by molar-refractivity contribution is 6.14. The Morgan fingerprint density at radius 3 is 2.28 bits per heavy atom. The molecule has 0 saturated carbocycles. The average Bonchev–Trinajstić information content (AvgIpc) is 2.68. The van der Waals surface area contributed by atoms with Crippen molar-refractivity contribution in [2.24, 2.45) is 0 Å². The Morgan fingerprint density at radius 1 is 1.07 bits per heavy atom. The fraction of sp³-hybridized carbons (Fsp3) is 0.400. The van der Waals surface area contributed by atoms with E-state index in [9.17, 15) is 9.90 Å². The number of hydrogen-bond donors (Lipinski definition) is 1. The summed E-state index contributed by atoms with van der Waals surface area (Å²) in [5.41, 5.74) is 5.24. The lowest BCUT2D eigenvalue weighted by Crippen LogP contribution is -2.34. The summed E-state index contributed by atoms with van der Waals surface area (Å²) in [5.74, 6) is -0.277. The molecule has 3 rings (SSSR count). The quantitative estimate of drug-likeness (QED) is 0.498. The number of carbonyl (C=O) groups is 1. The van der Waals surface area contributed by atoms with Crippen LogP contribution in [0.1, 0.15) is 57.2 Å². The van der Waals surface area contributed by atoms with Crippen molar-refractivity contribution < 1.29 is 19.4 Å². The van der Waals surface area contributed by atoms with Crippen LogP contribution in [0.4, 0.5) is 0 Å². The van der Waals surface area contributed by atoms with E-state index in [1.807, 2.05) is 18.2 Å². The summed E-state index contributed by atoms with van der Waals surface area (Å²) in [6.07, 6.45) is 2.23. The first-order valence-electron chi connectivity index (χ1n) is 9.90. The molecule has 0 saturated heterocycles. The van der Waals surface area contributed by atoms with Crippen LogP contribution < -0.4 is 4.74 Å². The van der Waals surface area contributed by atoms with Gasteiger partial charge in [-0.05, 0) is 64.1 Å². The Morgan fingerprint density at radius 2 is 1.69 bits per heavy atom. The minimum absolute atomic E-state index is 0.0572. The maximum atomic E-state index is 11.4. The van der Waals surface area contributed by atoms with Crippen molar-refractivity contribution in [1.82, 2.24) is 0 Å². The molecule has 0 fully saturated rings. The van der Waals surface area contributed by atoms with Gasteiger partial charge in [-0.2, -0.15) is 0 Å². The SMILES string of the molecule is C=C(C(=O)O)c1cccc(-c2cc3c(cc2OCOC)C(C)(C)CCC3(C)C)c1. The Balaban J connectivity index is 2.22. The van der Waals surface area contributed by atoms with Crippen LogP contribution in [0.25, 0.3) is 16.7 Å². The van der Waals surface area contributed by atoms with E-state index >= 15 is 0 Å². The maximum absolute atomic E-state index is 11.4. The highest BCUT2D eigenvalue weighted by Gasteiger charge is 2.38. The fourth-order valence-electron chi connectivity index (χ4n) is 4.06. The molecular weight excluding hydrogens is 364 g/mol. The molecule has 0 aromatic heterocycles. The van der Waals surface area contributed by atoms with Gasteiger partial charge in [0.1, 0.15) is 5.75 Å². The third-order valence-corrected chi connectivity index (χ3v) is 6.07. The van der Waals surface area contributed by atoms with Crippen LogP contribution in [-0.2, 0) is 20.4 Å². The smallest absolute Gasteiger partial charge is 0.335 e. The largest absolute Gasteiger partial charge is 0.478 e. The van der Waals surface area contributed by atoms with E-state index in [-0.39, 0.29) is 23.2 Å². The van der Waals surface area contributed by atoms with Crippen molar-refractivity contribution >= 4 is 11.5 Å². The highest BCUT2D eigenvalue weighted by atomic mass is 16.7. The lowest BCUT2D eigenvalue weighted by atomic mass is 9.62. The first-order chi connectivity index (χ1) is 13.6. The first kappa shape index (κ1) is 21.1. The molecule has 4 nitrogen and oxygen atoms in total. The Labute approximate surface area is 173 Å². The van der Waals surface area contributed by atoms with Gasteiger partial charge in [0.2, 0.25) is 0 Å². The molecule has 0 bridgehead atoms. The minimum Gasteiger partial charge on any atom is -0.478 e. The Hall–Kier alpha value is -2.59. The molecular formula is C25H30O4. The van der Waals surface area contributed by atoms with Crippen LogP contribution in [0.2, 0.25) is 0 Å². The van der Waals surface area contributed by atoms with Crippen molar-refractivity contribution in [1.29, 1.82) is 0 Å². The molecule has 0 atom stereocenters. The van der Waals surface area contributed by atoms with Gasteiger partial charge in [-0.15, -0.1) is 0 Å². The van der Waals surface area contributed by atoms with E-state index in [0.29, 0.717) is 5.56 Å². The zero-order valence-corrected chi connectivity index (χ0v) is 18.0. The van der Waals surface area contributed by atoms with Gasteiger partial charge < -0.3 is 14.6 Å². The van der Waals surface area contributed by atoms with Crippen LogP contribution in [0.5, 0.6) is 5.75 Å². The molecule has 1 aliphatic rings. The fourth-order valence-corrected chi connectivity index (χ4v) is 4.06. The summed E-state index contributed by atoms with van der Waals surface area (Å²) in [6.45, 7) is 13.0. The number of benzene rings is 2. The van der Waals surface area contributed by atoms with Crippen LogP contribution >= 0.6 is 0 Å². The van der Waals surface area contributed by atoms with Gasteiger partial charge in [0.15, 0.2) is 6.79 Å². The molecule has 4 heteroatoms.